The van der Waals surface area contributed by atoms with Gasteiger partial charge in [-0.15, -0.1) is 11.3 Å². The Morgan fingerprint density at radius 1 is 1.35 bits per heavy atom. The quantitative estimate of drug-likeness (QED) is 0.715. The van der Waals surface area contributed by atoms with Crippen molar-refractivity contribution in [2.75, 3.05) is 6.54 Å². The van der Waals surface area contributed by atoms with Crippen molar-refractivity contribution in [2.45, 2.75) is 33.4 Å². The molecule has 0 bridgehead atoms. The second-order valence-electron chi connectivity index (χ2n) is 4.76. The van der Waals surface area contributed by atoms with Gasteiger partial charge in [-0.05, 0) is 49.0 Å². The molecular weight excluding hydrogens is 334 g/mol. The third-order valence-corrected chi connectivity index (χ3v) is 4.31. The molecule has 0 saturated carbocycles. The Morgan fingerprint density at radius 2 is 2.20 bits per heavy atom. The molecule has 2 aromatic rings. The molecule has 0 aliphatic carbocycles. The molecule has 1 aromatic heterocycles. The van der Waals surface area contributed by atoms with Gasteiger partial charge in [0, 0.05) is 21.5 Å². The van der Waals surface area contributed by atoms with Crippen LogP contribution in [0.15, 0.2) is 34.1 Å². The molecular formula is C16H20BrNOS. The molecule has 2 rings (SSSR count). The lowest BCUT2D eigenvalue weighted by molar-refractivity contribution is 0.303. The van der Waals surface area contributed by atoms with Crippen molar-refractivity contribution in [1.82, 2.24) is 5.32 Å². The maximum Gasteiger partial charge on any atom is 0.127 e. The summed E-state index contributed by atoms with van der Waals surface area (Å²) in [6.45, 7) is 6.77. The molecule has 1 aromatic carbocycles. The number of aryl methyl sites for hydroxylation is 1. The molecule has 2 nitrogen and oxygen atoms in total. The van der Waals surface area contributed by atoms with E-state index in [4.69, 9.17) is 4.74 Å². The first kappa shape index (κ1) is 15.5. The number of nitrogens with one attached hydrogen (secondary N) is 1. The van der Waals surface area contributed by atoms with E-state index in [1.807, 2.05) is 0 Å². The summed E-state index contributed by atoms with van der Waals surface area (Å²) >= 11 is 5.29. The van der Waals surface area contributed by atoms with E-state index in [0.29, 0.717) is 6.61 Å². The van der Waals surface area contributed by atoms with E-state index < -0.39 is 0 Å². The van der Waals surface area contributed by atoms with Crippen LogP contribution in [-0.4, -0.2) is 6.54 Å². The summed E-state index contributed by atoms with van der Waals surface area (Å²) < 4.78 is 7.15. The van der Waals surface area contributed by atoms with Gasteiger partial charge in [0.25, 0.3) is 0 Å². The fourth-order valence-corrected chi connectivity index (χ4v) is 3.31. The van der Waals surface area contributed by atoms with Gasteiger partial charge in [-0.1, -0.05) is 28.9 Å². The molecule has 20 heavy (non-hydrogen) atoms. The molecule has 0 amide bonds. The number of hydrogen-bond acceptors (Lipinski definition) is 3. The lowest BCUT2D eigenvalue weighted by Crippen LogP contribution is -2.15. The van der Waals surface area contributed by atoms with Crippen LogP contribution in [0.5, 0.6) is 5.75 Å². The van der Waals surface area contributed by atoms with Gasteiger partial charge in [0.1, 0.15) is 12.4 Å². The number of hydrogen-bond donors (Lipinski definition) is 1. The zero-order chi connectivity index (χ0) is 14.4. The normalized spacial score (nSPS) is 10.8. The minimum atomic E-state index is 0.640. The van der Waals surface area contributed by atoms with Crippen LogP contribution in [0, 0.1) is 6.92 Å². The van der Waals surface area contributed by atoms with Crippen molar-refractivity contribution < 1.29 is 4.74 Å². The minimum absolute atomic E-state index is 0.640. The summed E-state index contributed by atoms with van der Waals surface area (Å²) in [6.07, 6.45) is 1.14. The number of thiophene rings is 1. The largest absolute Gasteiger partial charge is 0.487 e. The second-order valence-corrected chi connectivity index (χ2v) is 6.70. The Morgan fingerprint density at radius 3 is 2.90 bits per heavy atom. The van der Waals surface area contributed by atoms with Gasteiger partial charge >= 0.3 is 0 Å². The van der Waals surface area contributed by atoms with E-state index in [0.717, 1.165) is 29.7 Å². The number of benzene rings is 1. The van der Waals surface area contributed by atoms with Crippen molar-refractivity contribution in [3.05, 3.63) is 50.1 Å². The molecule has 0 aliphatic rings. The molecule has 0 spiro atoms. The van der Waals surface area contributed by atoms with Gasteiger partial charge in [0.2, 0.25) is 0 Å². The summed E-state index contributed by atoms with van der Waals surface area (Å²) in [5.41, 5.74) is 2.38. The lowest BCUT2D eigenvalue weighted by Gasteiger charge is -2.15. The summed E-state index contributed by atoms with van der Waals surface area (Å²) in [5.74, 6) is 1.00. The average Bonchev–Trinajstić information content (AvgIpc) is 2.91. The maximum absolute atomic E-state index is 6.05. The first-order chi connectivity index (χ1) is 9.70. The highest BCUT2D eigenvalue weighted by Gasteiger charge is 2.09. The maximum atomic E-state index is 6.05. The van der Waals surface area contributed by atoms with Crippen molar-refractivity contribution >= 4 is 27.3 Å². The zero-order valence-electron chi connectivity index (χ0n) is 11.9. The van der Waals surface area contributed by atoms with Gasteiger partial charge in [-0.3, -0.25) is 0 Å². The second kappa shape index (κ2) is 7.81. The molecule has 0 aliphatic heterocycles. The average molecular weight is 354 g/mol. The fourth-order valence-electron chi connectivity index (χ4n) is 2.07. The standard InChI is InChI=1S/C16H20BrNOS/c1-3-6-18-10-13-9-14(17)8-12(2)16(13)19-11-15-5-4-7-20-15/h4-5,7-9,18H,3,6,10-11H2,1-2H3. The molecule has 0 atom stereocenters. The van der Waals surface area contributed by atoms with E-state index in [-0.39, 0.29) is 0 Å². The molecule has 4 heteroatoms. The molecule has 0 unspecified atom stereocenters. The highest BCUT2D eigenvalue weighted by atomic mass is 79.9. The van der Waals surface area contributed by atoms with Crippen molar-refractivity contribution in [1.29, 1.82) is 0 Å². The van der Waals surface area contributed by atoms with Crippen LogP contribution in [0.25, 0.3) is 0 Å². The topological polar surface area (TPSA) is 21.3 Å². The summed E-state index contributed by atoms with van der Waals surface area (Å²) in [7, 11) is 0. The molecule has 1 heterocycles. The van der Waals surface area contributed by atoms with Crippen LogP contribution >= 0.6 is 27.3 Å². The predicted octanol–water partition coefficient (Wildman–Crippen LogP) is 4.90. The number of rotatable bonds is 7. The minimum Gasteiger partial charge on any atom is -0.487 e. The van der Waals surface area contributed by atoms with E-state index in [9.17, 15) is 0 Å². The Hall–Kier alpha value is -0.840. The lowest BCUT2D eigenvalue weighted by atomic mass is 10.1. The van der Waals surface area contributed by atoms with Gasteiger partial charge in [-0.25, -0.2) is 0 Å². The van der Waals surface area contributed by atoms with Gasteiger partial charge in [0.05, 0.1) is 0 Å². The van der Waals surface area contributed by atoms with E-state index in [1.54, 1.807) is 11.3 Å². The van der Waals surface area contributed by atoms with Crippen LogP contribution in [0.2, 0.25) is 0 Å². The van der Waals surface area contributed by atoms with Crippen LogP contribution in [0.1, 0.15) is 29.3 Å². The zero-order valence-corrected chi connectivity index (χ0v) is 14.3. The highest BCUT2D eigenvalue weighted by molar-refractivity contribution is 9.10. The smallest absolute Gasteiger partial charge is 0.127 e. The molecule has 1 N–H and O–H groups in total. The Kier molecular flexibility index (Phi) is 6.07. The van der Waals surface area contributed by atoms with Crippen molar-refractivity contribution in [3.8, 4) is 5.75 Å². The first-order valence-electron chi connectivity index (χ1n) is 6.85. The van der Waals surface area contributed by atoms with Gasteiger partial charge in [-0.2, -0.15) is 0 Å². The Labute approximate surface area is 133 Å². The van der Waals surface area contributed by atoms with Gasteiger partial charge in [0.15, 0.2) is 0 Å². The van der Waals surface area contributed by atoms with E-state index >= 15 is 0 Å². The summed E-state index contributed by atoms with van der Waals surface area (Å²) in [5, 5.41) is 5.52. The van der Waals surface area contributed by atoms with Crippen LogP contribution < -0.4 is 10.1 Å². The SMILES string of the molecule is CCCNCc1cc(Br)cc(C)c1OCc1cccs1. The third kappa shape index (κ3) is 4.33. The van der Waals surface area contributed by atoms with E-state index in [1.165, 1.54) is 16.0 Å². The van der Waals surface area contributed by atoms with Crippen LogP contribution in [0.3, 0.4) is 0 Å². The van der Waals surface area contributed by atoms with Gasteiger partial charge < -0.3 is 10.1 Å². The molecule has 0 radical (unpaired) electrons. The fraction of sp³-hybridized carbons (Fsp3) is 0.375. The van der Waals surface area contributed by atoms with E-state index in [2.05, 4.69) is 64.7 Å². The number of halogens is 1. The summed E-state index contributed by atoms with van der Waals surface area (Å²) in [6, 6.07) is 8.40. The first-order valence-corrected chi connectivity index (χ1v) is 8.53. The predicted molar refractivity (Wildman–Crippen MR) is 89.5 cm³/mol. The van der Waals surface area contributed by atoms with Crippen LogP contribution in [-0.2, 0) is 13.2 Å². The highest BCUT2D eigenvalue weighted by Crippen LogP contribution is 2.29. The molecule has 0 saturated heterocycles. The third-order valence-electron chi connectivity index (χ3n) is 3.00. The molecule has 108 valence electrons. The van der Waals surface area contributed by atoms with Crippen molar-refractivity contribution in [2.24, 2.45) is 0 Å². The summed E-state index contributed by atoms with van der Waals surface area (Å²) in [4.78, 5) is 1.25. The number of ether oxygens (including phenoxy) is 1. The Balaban J connectivity index is 2.11. The molecule has 0 fully saturated rings. The van der Waals surface area contributed by atoms with Crippen LogP contribution in [0.4, 0.5) is 0 Å². The van der Waals surface area contributed by atoms with Crippen molar-refractivity contribution in [3.63, 3.8) is 0 Å². The Bertz CT molecular complexity index is 540. The monoisotopic (exact) mass is 353 g/mol.